The Morgan fingerprint density at radius 1 is 1.50 bits per heavy atom. The summed E-state index contributed by atoms with van der Waals surface area (Å²) in [5.74, 6) is 2.30. The summed E-state index contributed by atoms with van der Waals surface area (Å²) in [5.41, 5.74) is 0.977. The summed E-state index contributed by atoms with van der Waals surface area (Å²) < 4.78 is 0. The summed E-state index contributed by atoms with van der Waals surface area (Å²) in [5, 5.41) is 14.2. The van der Waals surface area contributed by atoms with E-state index >= 15 is 0 Å². The maximum atomic E-state index is 10.8. The smallest absolute Gasteiger partial charge is 0.273 e. The summed E-state index contributed by atoms with van der Waals surface area (Å²) in [7, 11) is 0. The lowest BCUT2D eigenvalue weighted by Gasteiger charge is -2.10. The first-order chi connectivity index (χ1) is 7.77. The number of nitrogens with zero attached hydrogens (tertiary/aromatic N) is 1. The monoisotopic (exact) mass is 238 g/mol. The van der Waals surface area contributed by atoms with Gasteiger partial charge < -0.3 is 5.32 Å². The Morgan fingerprint density at radius 2 is 2.31 bits per heavy atom. The topological polar surface area (TPSA) is 55.2 Å². The highest BCUT2D eigenvalue weighted by atomic mass is 32.2. The van der Waals surface area contributed by atoms with Gasteiger partial charge in [-0.1, -0.05) is 18.2 Å². The van der Waals surface area contributed by atoms with Crippen molar-refractivity contribution >= 4 is 17.4 Å². The maximum absolute atomic E-state index is 10.8. The van der Waals surface area contributed by atoms with E-state index in [-0.39, 0.29) is 10.6 Å². The third-order valence-electron chi connectivity index (χ3n) is 2.70. The SMILES string of the molecule is O=[N+]([O-])c1ccccc1CNC1CCSC1. The molecule has 1 aliphatic heterocycles. The zero-order valence-electron chi connectivity index (χ0n) is 8.89. The Morgan fingerprint density at radius 3 is 3.00 bits per heavy atom. The Bertz CT molecular complexity index is 378. The van der Waals surface area contributed by atoms with Gasteiger partial charge in [0.1, 0.15) is 0 Å². The molecule has 0 amide bonds. The molecule has 16 heavy (non-hydrogen) atoms. The van der Waals surface area contributed by atoms with Gasteiger partial charge in [-0.25, -0.2) is 0 Å². The number of hydrogen-bond donors (Lipinski definition) is 1. The molecule has 1 unspecified atom stereocenters. The van der Waals surface area contributed by atoms with Gasteiger partial charge in [0.15, 0.2) is 0 Å². The highest BCUT2D eigenvalue weighted by Crippen LogP contribution is 2.20. The molecule has 0 radical (unpaired) electrons. The van der Waals surface area contributed by atoms with Crippen molar-refractivity contribution in [1.29, 1.82) is 0 Å². The molecule has 1 aromatic rings. The summed E-state index contributed by atoms with van der Waals surface area (Å²) in [6.45, 7) is 0.586. The highest BCUT2D eigenvalue weighted by molar-refractivity contribution is 7.99. The van der Waals surface area contributed by atoms with E-state index in [0.29, 0.717) is 12.6 Å². The normalized spacial score (nSPS) is 19.9. The number of hydrogen-bond acceptors (Lipinski definition) is 4. The number of rotatable bonds is 4. The Labute approximate surface area is 98.6 Å². The van der Waals surface area contributed by atoms with Crippen molar-refractivity contribution in [2.24, 2.45) is 0 Å². The molecule has 5 heteroatoms. The first-order valence-electron chi connectivity index (χ1n) is 5.31. The van der Waals surface area contributed by atoms with Gasteiger partial charge in [-0.3, -0.25) is 10.1 Å². The van der Waals surface area contributed by atoms with E-state index in [0.717, 1.165) is 17.7 Å². The lowest BCUT2D eigenvalue weighted by atomic mass is 10.1. The summed E-state index contributed by atoms with van der Waals surface area (Å²) in [4.78, 5) is 10.5. The van der Waals surface area contributed by atoms with Crippen LogP contribution in [0.1, 0.15) is 12.0 Å². The molecule has 1 fully saturated rings. The molecule has 0 aliphatic carbocycles. The number of nitro benzene ring substituents is 1. The van der Waals surface area contributed by atoms with Crippen LogP contribution in [0.3, 0.4) is 0 Å². The molecule has 1 heterocycles. The number of nitro groups is 1. The predicted molar refractivity (Wildman–Crippen MR) is 65.7 cm³/mol. The minimum atomic E-state index is -0.319. The first kappa shape index (κ1) is 11.4. The molecule has 1 N–H and O–H groups in total. The summed E-state index contributed by atoms with van der Waals surface area (Å²) in [6, 6.07) is 7.42. The molecular weight excluding hydrogens is 224 g/mol. The molecule has 0 spiro atoms. The number of nitrogens with one attached hydrogen (secondary N) is 1. The van der Waals surface area contributed by atoms with E-state index < -0.39 is 0 Å². The molecule has 4 nitrogen and oxygen atoms in total. The van der Waals surface area contributed by atoms with Crippen LogP contribution in [0, 0.1) is 10.1 Å². The van der Waals surface area contributed by atoms with Crippen LogP contribution in [0.25, 0.3) is 0 Å². The van der Waals surface area contributed by atoms with Gasteiger partial charge in [0.2, 0.25) is 0 Å². The minimum Gasteiger partial charge on any atom is -0.309 e. The molecule has 1 atom stereocenters. The fraction of sp³-hybridized carbons (Fsp3) is 0.455. The van der Waals surface area contributed by atoms with Crippen LogP contribution in [-0.2, 0) is 6.54 Å². The first-order valence-corrected chi connectivity index (χ1v) is 6.46. The summed E-state index contributed by atoms with van der Waals surface area (Å²) in [6.07, 6.45) is 1.16. The Balaban J connectivity index is 2.00. The third-order valence-corrected chi connectivity index (χ3v) is 3.86. The maximum Gasteiger partial charge on any atom is 0.273 e. The quantitative estimate of drug-likeness (QED) is 0.645. The van der Waals surface area contributed by atoms with E-state index in [1.165, 1.54) is 5.75 Å². The van der Waals surface area contributed by atoms with E-state index in [4.69, 9.17) is 0 Å². The average molecular weight is 238 g/mol. The van der Waals surface area contributed by atoms with E-state index in [9.17, 15) is 10.1 Å². The fourth-order valence-corrected chi connectivity index (χ4v) is 2.98. The number of thioether (sulfide) groups is 1. The molecule has 1 aliphatic rings. The summed E-state index contributed by atoms with van der Waals surface area (Å²) >= 11 is 1.93. The van der Waals surface area contributed by atoms with Gasteiger partial charge in [0, 0.05) is 30.0 Å². The molecule has 0 bridgehead atoms. The average Bonchev–Trinajstić information content (AvgIpc) is 2.79. The van der Waals surface area contributed by atoms with Crippen LogP contribution in [0.5, 0.6) is 0 Å². The van der Waals surface area contributed by atoms with Crippen LogP contribution in [0.4, 0.5) is 5.69 Å². The predicted octanol–water partition coefficient (Wildman–Crippen LogP) is 2.19. The van der Waals surface area contributed by atoms with Crippen LogP contribution < -0.4 is 5.32 Å². The molecule has 1 saturated heterocycles. The van der Waals surface area contributed by atoms with E-state index in [1.807, 2.05) is 23.9 Å². The van der Waals surface area contributed by atoms with Crippen molar-refractivity contribution < 1.29 is 4.92 Å². The van der Waals surface area contributed by atoms with Gasteiger partial charge in [0.05, 0.1) is 4.92 Å². The molecule has 1 aromatic carbocycles. The second-order valence-electron chi connectivity index (χ2n) is 3.83. The standard InChI is InChI=1S/C11H14N2O2S/c14-13(15)11-4-2-1-3-9(11)7-12-10-5-6-16-8-10/h1-4,10,12H,5-8H2. The molecule has 2 rings (SSSR count). The molecular formula is C11H14N2O2S. The van der Waals surface area contributed by atoms with Gasteiger partial charge in [-0.2, -0.15) is 11.8 Å². The van der Waals surface area contributed by atoms with Crippen molar-refractivity contribution in [2.45, 2.75) is 19.0 Å². The third kappa shape index (κ3) is 2.74. The van der Waals surface area contributed by atoms with Gasteiger partial charge in [-0.05, 0) is 12.2 Å². The molecule has 0 aromatic heterocycles. The Kier molecular flexibility index (Phi) is 3.79. The van der Waals surface area contributed by atoms with Crippen molar-refractivity contribution in [3.8, 4) is 0 Å². The zero-order valence-corrected chi connectivity index (χ0v) is 9.70. The van der Waals surface area contributed by atoms with Crippen molar-refractivity contribution in [1.82, 2.24) is 5.32 Å². The van der Waals surface area contributed by atoms with Crippen LogP contribution in [0.15, 0.2) is 24.3 Å². The number of para-hydroxylation sites is 1. The second kappa shape index (κ2) is 5.32. The van der Waals surface area contributed by atoms with Crippen LogP contribution in [0.2, 0.25) is 0 Å². The molecule has 86 valence electrons. The Hall–Kier alpha value is -1.07. The van der Waals surface area contributed by atoms with E-state index in [2.05, 4.69) is 5.32 Å². The number of benzene rings is 1. The van der Waals surface area contributed by atoms with Crippen molar-refractivity contribution in [3.05, 3.63) is 39.9 Å². The van der Waals surface area contributed by atoms with Gasteiger partial charge >= 0.3 is 0 Å². The molecule has 0 saturated carbocycles. The fourth-order valence-electron chi connectivity index (χ4n) is 1.79. The van der Waals surface area contributed by atoms with Crippen LogP contribution >= 0.6 is 11.8 Å². The van der Waals surface area contributed by atoms with Crippen molar-refractivity contribution in [3.63, 3.8) is 0 Å². The van der Waals surface area contributed by atoms with Gasteiger partial charge in [-0.15, -0.1) is 0 Å². The highest BCUT2D eigenvalue weighted by Gasteiger charge is 2.17. The largest absolute Gasteiger partial charge is 0.309 e. The lowest BCUT2D eigenvalue weighted by Crippen LogP contribution is -2.28. The van der Waals surface area contributed by atoms with Crippen molar-refractivity contribution in [2.75, 3.05) is 11.5 Å². The second-order valence-corrected chi connectivity index (χ2v) is 4.98. The van der Waals surface area contributed by atoms with Gasteiger partial charge in [0.25, 0.3) is 5.69 Å². The van der Waals surface area contributed by atoms with E-state index in [1.54, 1.807) is 12.1 Å². The van der Waals surface area contributed by atoms with Crippen LogP contribution in [-0.4, -0.2) is 22.5 Å². The zero-order chi connectivity index (χ0) is 11.4. The minimum absolute atomic E-state index is 0.209. The lowest BCUT2D eigenvalue weighted by molar-refractivity contribution is -0.385.